The van der Waals surface area contributed by atoms with E-state index in [4.69, 9.17) is 4.74 Å². The lowest BCUT2D eigenvalue weighted by molar-refractivity contribution is -0.132. The third kappa shape index (κ3) is 2.27. The summed E-state index contributed by atoms with van der Waals surface area (Å²) in [4.78, 5) is 15.3. The Bertz CT molecular complexity index is 284. The van der Waals surface area contributed by atoms with E-state index in [9.17, 15) is 4.79 Å². The Morgan fingerprint density at radius 1 is 1.73 bits per heavy atom. The third-order valence-corrected chi connectivity index (χ3v) is 2.37. The van der Waals surface area contributed by atoms with Crippen molar-refractivity contribution in [2.45, 2.75) is 13.8 Å². The van der Waals surface area contributed by atoms with Crippen LogP contribution in [0.25, 0.3) is 0 Å². The van der Waals surface area contributed by atoms with E-state index in [1.54, 1.807) is 0 Å². The first-order chi connectivity index (χ1) is 5.09. The van der Waals surface area contributed by atoms with Crippen LogP contribution in [-0.2, 0) is 4.79 Å². The number of thiazole rings is 1. The van der Waals surface area contributed by atoms with Gasteiger partial charge in [-0.1, -0.05) is 0 Å². The molecule has 0 aromatic carbocycles. The van der Waals surface area contributed by atoms with E-state index in [0.717, 1.165) is 8.79 Å². The van der Waals surface area contributed by atoms with E-state index in [2.05, 4.69) is 20.9 Å². The highest BCUT2D eigenvalue weighted by molar-refractivity contribution is 9.11. The Kier molecular flexibility index (Phi) is 2.62. The Labute approximate surface area is 76.5 Å². The summed E-state index contributed by atoms with van der Waals surface area (Å²) in [5.74, 6) is 0.0558. The molecule has 0 aliphatic heterocycles. The van der Waals surface area contributed by atoms with E-state index in [1.165, 1.54) is 18.3 Å². The van der Waals surface area contributed by atoms with Gasteiger partial charge in [0.15, 0.2) is 3.92 Å². The van der Waals surface area contributed by atoms with Gasteiger partial charge in [-0.2, -0.15) is 4.98 Å². The number of aryl methyl sites for hydroxylation is 1. The Morgan fingerprint density at radius 2 is 2.36 bits per heavy atom. The molecule has 0 aliphatic carbocycles. The zero-order chi connectivity index (χ0) is 8.43. The second-order valence-corrected chi connectivity index (χ2v) is 4.40. The first-order valence-corrected chi connectivity index (χ1v) is 4.52. The predicted octanol–water partition coefficient (Wildman–Crippen LogP) is 2.14. The minimum Gasteiger partial charge on any atom is -0.406 e. The molecule has 1 heterocycles. The van der Waals surface area contributed by atoms with Crippen LogP contribution < -0.4 is 4.74 Å². The van der Waals surface area contributed by atoms with Crippen LogP contribution in [0.2, 0.25) is 0 Å². The summed E-state index contributed by atoms with van der Waals surface area (Å²) in [6.45, 7) is 3.20. The van der Waals surface area contributed by atoms with Gasteiger partial charge in [-0.25, -0.2) is 0 Å². The quantitative estimate of drug-likeness (QED) is 0.701. The number of carbonyl (C=O) groups is 1. The normalized spacial score (nSPS) is 9.73. The molecular weight excluding hydrogens is 230 g/mol. The molecule has 5 heteroatoms. The maximum atomic E-state index is 10.5. The maximum Gasteiger partial charge on any atom is 0.309 e. The van der Waals surface area contributed by atoms with Crippen LogP contribution in [0.4, 0.5) is 0 Å². The number of rotatable bonds is 1. The SMILES string of the molecule is CC(=O)Oc1nc(Br)sc1C. The second kappa shape index (κ2) is 3.32. The van der Waals surface area contributed by atoms with Crippen molar-refractivity contribution in [2.75, 3.05) is 0 Å². The van der Waals surface area contributed by atoms with Crippen LogP contribution >= 0.6 is 27.3 Å². The standard InChI is InChI=1S/C6H6BrNO2S/c1-3-5(10-4(2)9)8-6(7)11-3/h1-2H3. The number of esters is 1. The molecule has 60 valence electrons. The van der Waals surface area contributed by atoms with Crippen molar-refractivity contribution in [3.63, 3.8) is 0 Å². The molecule has 11 heavy (non-hydrogen) atoms. The average molecular weight is 236 g/mol. The minimum atomic E-state index is -0.342. The summed E-state index contributed by atoms with van der Waals surface area (Å²) in [6.07, 6.45) is 0. The van der Waals surface area contributed by atoms with Gasteiger partial charge in [0.2, 0.25) is 5.88 Å². The highest BCUT2D eigenvalue weighted by Gasteiger charge is 2.07. The molecule has 0 saturated carbocycles. The summed E-state index contributed by atoms with van der Waals surface area (Å²) >= 11 is 4.63. The molecule has 3 nitrogen and oxygen atoms in total. The van der Waals surface area contributed by atoms with E-state index in [-0.39, 0.29) is 5.97 Å². The molecule has 1 aromatic heterocycles. The molecule has 0 radical (unpaired) electrons. The molecule has 1 aromatic rings. The number of nitrogens with zero attached hydrogens (tertiary/aromatic N) is 1. The largest absolute Gasteiger partial charge is 0.406 e. The topological polar surface area (TPSA) is 39.2 Å². The summed E-state index contributed by atoms with van der Waals surface area (Å²) in [7, 11) is 0. The van der Waals surface area contributed by atoms with E-state index in [1.807, 2.05) is 6.92 Å². The van der Waals surface area contributed by atoms with Crippen LogP contribution in [0.5, 0.6) is 5.88 Å². The van der Waals surface area contributed by atoms with Gasteiger partial charge in [-0.3, -0.25) is 4.79 Å². The van der Waals surface area contributed by atoms with E-state index >= 15 is 0 Å². The number of carbonyl (C=O) groups excluding carboxylic acids is 1. The highest BCUT2D eigenvalue weighted by Crippen LogP contribution is 2.27. The first kappa shape index (κ1) is 8.67. The minimum absolute atomic E-state index is 0.342. The van der Waals surface area contributed by atoms with Crippen molar-refractivity contribution >= 4 is 33.2 Å². The molecule has 1 rings (SSSR count). The number of halogens is 1. The van der Waals surface area contributed by atoms with Crippen molar-refractivity contribution in [3.8, 4) is 5.88 Å². The lowest BCUT2D eigenvalue weighted by Crippen LogP contribution is -2.02. The third-order valence-electron chi connectivity index (χ3n) is 0.968. The van der Waals surface area contributed by atoms with Crippen molar-refractivity contribution in [1.29, 1.82) is 0 Å². The van der Waals surface area contributed by atoms with Crippen LogP contribution in [-0.4, -0.2) is 11.0 Å². The Balaban J connectivity index is 2.85. The molecule has 0 amide bonds. The fourth-order valence-corrected chi connectivity index (χ4v) is 2.03. The van der Waals surface area contributed by atoms with Gasteiger partial charge in [0, 0.05) is 6.92 Å². The smallest absolute Gasteiger partial charge is 0.309 e. The second-order valence-electron chi connectivity index (χ2n) is 1.92. The molecule has 0 unspecified atom stereocenters. The molecule has 0 atom stereocenters. The number of hydrogen-bond acceptors (Lipinski definition) is 4. The maximum absolute atomic E-state index is 10.5. The van der Waals surface area contributed by atoms with Crippen LogP contribution in [0.3, 0.4) is 0 Å². The average Bonchev–Trinajstić information content (AvgIpc) is 2.09. The number of hydrogen-bond donors (Lipinski definition) is 0. The van der Waals surface area contributed by atoms with Gasteiger partial charge in [0.25, 0.3) is 0 Å². The van der Waals surface area contributed by atoms with Crippen molar-refractivity contribution in [3.05, 3.63) is 8.79 Å². The molecule has 0 spiro atoms. The van der Waals surface area contributed by atoms with Gasteiger partial charge >= 0.3 is 5.97 Å². The lowest BCUT2D eigenvalue weighted by Gasteiger charge is -1.94. The zero-order valence-corrected chi connectivity index (χ0v) is 8.45. The van der Waals surface area contributed by atoms with Gasteiger partial charge in [-0.05, 0) is 22.9 Å². The molecule has 0 saturated heterocycles. The molecule has 0 bridgehead atoms. The zero-order valence-electron chi connectivity index (χ0n) is 6.05. The van der Waals surface area contributed by atoms with Gasteiger partial charge in [0.05, 0.1) is 4.88 Å². The fraction of sp³-hybridized carbons (Fsp3) is 0.333. The molecular formula is C6H6BrNO2S. The predicted molar refractivity (Wildman–Crippen MR) is 45.9 cm³/mol. The summed E-state index contributed by atoms with van der Waals surface area (Å²) in [6, 6.07) is 0. The Hall–Kier alpha value is -0.420. The van der Waals surface area contributed by atoms with Crippen LogP contribution in [0, 0.1) is 6.92 Å². The van der Waals surface area contributed by atoms with Gasteiger partial charge in [-0.15, -0.1) is 11.3 Å². The van der Waals surface area contributed by atoms with E-state index in [0.29, 0.717) is 5.88 Å². The van der Waals surface area contributed by atoms with E-state index < -0.39 is 0 Å². The molecule has 0 fully saturated rings. The monoisotopic (exact) mass is 235 g/mol. The summed E-state index contributed by atoms with van der Waals surface area (Å²) in [5, 5.41) is 0. The van der Waals surface area contributed by atoms with Crippen molar-refractivity contribution < 1.29 is 9.53 Å². The number of aromatic nitrogens is 1. The summed E-state index contributed by atoms with van der Waals surface area (Å²) < 4.78 is 5.52. The van der Waals surface area contributed by atoms with Crippen molar-refractivity contribution in [2.24, 2.45) is 0 Å². The summed E-state index contributed by atoms with van der Waals surface area (Å²) in [5.41, 5.74) is 0. The number of ether oxygens (including phenoxy) is 1. The Morgan fingerprint density at radius 3 is 2.73 bits per heavy atom. The first-order valence-electron chi connectivity index (χ1n) is 2.91. The van der Waals surface area contributed by atoms with Crippen LogP contribution in [0.15, 0.2) is 3.92 Å². The fourth-order valence-electron chi connectivity index (χ4n) is 0.582. The lowest BCUT2D eigenvalue weighted by atomic mass is 10.6. The highest BCUT2D eigenvalue weighted by atomic mass is 79.9. The van der Waals surface area contributed by atoms with Crippen molar-refractivity contribution in [1.82, 2.24) is 4.98 Å². The van der Waals surface area contributed by atoms with Gasteiger partial charge < -0.3 is 4.74 Å². The molecule has 0 N–H and O–H groups in total. The van der Waals surface area contributed by atoms with Crippen LogP contribution in [0.1, 0.15) is 11.8 Å². The molecule has 0 aliphatic rings. The van der Waals surface area contributed by atoms with Gasteiger partial charge in [0.1, 0.15) is 0 Å².